The molecule has 1 aliphatic heterocycles. The van der Waals surface area contributed by atoms with Crippen LogP contribution in [0.3, 0.4) is 0 Å². The smallest absolute Gasteiger partial charge is 0.223 e. The first kappa shape index (κ1) is 16.7. The van der Waals surface area contributed by atoms with Crippen LogP contribution in [0.4, 0.5) is 0 Å². The highest BCUT2D eigenvalue weighted by Gasteiger charge is 2.56. The van der Waals surface area contributed by atoms with Crippen LogP contribution in [-0.4, -0.2) is 60.4 Å². The highest BCUT2D eigenvalue weighted by molar-refractivity contribution is 5.76. The summed E-state index contributed by atoms with van der Waals surface area (Å²) in [5, 5.41) is 13.4. The van der Waals surface area contributed by atoms with E-state index in [1.54, 1.807) is 0 Å². The lowest BCUT2D eigenvalue weighted by Gasteiger charge is -2.56. The topological polar surface area (TPSA) is 61.8 Å². The van der Waals surface area contributed by atoms with Crippen molar-refractivity contribution in [3.05, 3.63) is 0 Å². The second-order valence-electron chi connectivity index (χ2n) is 6.67. The van der Waals surface area contributed by atoms with Crippen molar-refractivity contribution in [2.45, 2.75) is 64.7 Å². The molecule has 1 amide bonds. The highest BCUT2D eigenvalue weighted by Crippen LogP contribution is 2.50. The normalized spacial score (nSPS) is 28.0. The third-order valence-corrected chi connectivity index (χ3v) is 5.05. The minimum absolute atomic E-state index is 0.0943. The molecule has 1 spiro atoms. The quantitative estimate of drug-likeness (QED) is 0.772. The molecule has 5 nitrogen and oxygen atoms in total. The lowest BCUT2D eigenvalue weighted by molar-refractivity contribution is -0.210. The van der Waals surface area contributed by atoms with Gasteiger partial charge < -0.3 is 20.1 Å². The summed E-state index contributed by atoms with van der Waals surface area (Å²) in [6, 6.07) is 0.416. The van der Waals surface area contributed by atoms with Gasteiger partial charge >= 0.3 is 0 Å². The zero-order chi connectivity index (χ0) is 15.5. The van der Waals surface area contributed by atoms with Crippen molar-refractivity contribution in [2.75, 3.05) is 26.2 Å². The van der Waals surface area contributed by atoms with Crippen LogP contribution >= 0.6 is 0 Å². The molecule has 2 rings (SSSR count). The van der Waals surface area contributed by atoms with Gasteiger partial charge in [-0.3, -0.25) is 4.79 Å². The molecule has 1 aliphatic carbocycles. The predicted octanol–water partition coefficient (Wildman–Crippen LogP) is 1.15. The van der Waals surface area contributed by atoms with E-state index in [4.69, 9.17) is 4.74 Å². The van der Waals surface area contributed by atoms with E-state index in [1.165, 1.54) is 0 Å². The Kier molecular flexibility index (Phi) is 5.63. The first-order valence-electron chi connectivity index (χ1n) is 8.30. The number of aliphatic hydroxyl groups excluding tert-OH is 1. The molecule has 1 saturated heterocycles. The van der Waals surface area contributed by atoms with Gasteiger partial charge in [-0.2, -0.15) is 0 Å². The molecule has 2 atom stereocenters. The summed E-state index contributed by atoms with van der Waals surface area (Å²) in [6.45, 7) is 9.11. The molecule has 0 aromatic heterocycles. The fourth-order valence-corrected chi connectivity index (χ4v) is 3.61. The number of likely N-dealkylation sites (tertiary alicyclic amines) is 1. The van der Waals surface area contributed by atoms with Crippen molar-refractivity contribution in [3.8, 4) is 0 Å². The zero-order valence-electron chi connectivity index (χ0n) is 13.6. The lowest BCUT2D eigenvalue weighted by Crippen LogP contribution is -2.62. The van der Waals surface area contributed by atoms with Gasteiger partial charge in [0.25, 0.3) is 0 Å². The third-order valence-electron chi connectivity index (χ3n) is 5.05. The van der Waals surface area contributed by atoms with E-state index in [1.807, 2.05) is 11.8 Å². The fraction of sp³-hybridized carbons (Fsp3) is 0.938. The Morgan fingerprint density at radius 2 is 2.10 bits per heavy atom. The molecular formula is C16H30N2O3. The monoisotopic (exact) mass is 298 g/mol. The van der Waals surface area contributed by atoms with Gasteiger partial charge in [0.2, 0.25) is 5.91 Å². The van der Waals surface area contributed by atoms with Crippen LogP contribution < -0.4 is 5.32 Å². The molecule has 21 heavy (non-hydrogen) atoms. The minimum Gasteiger partial charge on any atom is -0.392 e. The molecule has 0 radical (unpaired) electrons. The molecule has 0 bridgehead atoms. The number of rotatable bonds is 6. The number of ether oxygens (including phenoxy) is 1. The molecule has 1 heterocycles. The zero-order valence-corrected chi connectivity index (χ0v) is 13.6. The fourth-order valence-electron chi connectivity index (χ4n) is 3.61. The van der Waals surface area contributed by atoms with Gasteiger partial charge in [0.1, 0.15) is 0 Å². The number of piperidine rings is 1. The van der Waals surface area contributed by atoms with Crippen LogP contribution in [0.5, 0.6) is 0 Å². The average molecular weight is 298 g/mol. The Labute approximate surface area is 128 Å². The van der Waals surface area contributed by atoms with E-state index in [2.05, 4.69) is 19.2 Å². The average Bonchev–Trinajstić information content (AvgIpc) is 2.47. The Morgan fingerprint density at radius 3 is 2.62 bits per heavy atom. The molecule has 5 heteroatoms. The largest absolute Gasteiger partial charge is 0.392 e. The second kappa shape index (κ2) is 7.07. The van der Waals surface area contributed by atoms with Crippen LogP contribution in [0.1, 0.15) is 46.5 Å². The van der Waals surface area contributed by atoms with Crippen LogP contribution in [0.25, 0.3) is 0 Å². The number of hydrogen-bond donors (Lipinski definition) is 2. The number of aliphatic hydroxyl groups is 1. The Balaban J connectivity index is 1.78. The van der Waals surface area contributed by atoms with Gasteiger partial charge in [-0.25, -0.2) is 0 Å². The molecule has 0 aromatic carbocycles. The van der Waals surface area contributed by atoms with Crippen LogP contribution in [-0.2, 0) is 9.53 Å². The first-order valence-corrected chi connectivity index (χ1v) is 8.30. The number of carbonyl (C=O) groups excluding carboxylic acids is 1. The molecule has 1 saturated carbocycles. The minimum atomic E-state index is -0.256. The van der Waals surface area contributed by atoms with Crippen LogP contribution in [0.15, 0.2) is 0 Å². The third kappa shape index (κ3) is 3.58. The maximum absolute atomic E-state index is 12.2. The molecular weight excluding hydrogens is 268 g/mol. The number of hydrogen-bond acceptors (Lipinski definition) is 4. The molecule has 0 unspecified atom stereocenters. The number of nitrogens with one attached hydrogen (secondary N) is 1. The highest BCUT2D eigenvalue weighted by atomic mass is 16.5. The maximum atomic E-state index is 12.2. The summed E-state index contributed by atoms with van der Waals surface area (Å²) < 4.78 is 5.76. The Morgan fingerprint density at radius 1 is 1.43 bits per heavy atom. The molecule has 2 fully saturated rings. The van der Waals surface area contributed by atoms with Gasteiger partial charge in [-0.15, -0.1) is 0 Å². The van der Waals surface area contributed by atoms with Crippen molar-refractivity contribution < 1.29 is 14.6 Å². The summed E-state index contributed by atoms with van der Waals surface area (Å²) in [5.41, 5.74) is -0.0943. The number of carbonyl (C=O) groups is 1. The van der Waals surface area contributed by atoms with E-state index in [0.717, 1.165) is 38.9 Å². The summed E-state index contributed by atoms with van der Waals surface area (Å²) in [5.74, 6) is 0.222. The second-order valence-corrected chi connectivity index (χ2v) is 6.67. The number of amides is 1. The van der Waals surface area contributed by atoms with E-state index in [-0.39, 0.29) is 23.5 Å². The van der Waals surface area contributed by atoms with Gasteiger partial charge in [-0.1, -0.05) is 13.8 Å². The molecule has 2 aliphatic rings. The molecule has 122 valence electrons. The Hall–Kier alpha value is -0.650. The van der Waals surface area contributed by atoms with E-state index in [9.17, 15) is 9.90 Å². The summed E-state index contributed by atoms with van der Waals surface area (Å²) in [4.78, 5) is 14.1. The van der Waals surface area contributed by atoms with Crippen molar-refractivity contribution >= 4 is 5.91 Å². The maximum Gasteiger partial charge on any atom is 0.223 e. The van der Waals surface area contributed by atoms with Crippen LogP contribution in [0, 0.1) is 5.41 Å². The van der Waals surface area contributed by atoms with Gasteiger partial charge in [0.05, 0.1) is 12.2 Å². The lowest BCUT2D eigenvalue weighted by atomic mass is 9.58. The SMILES string of the molecule is CCO[C@@H]1C[C@@H](O)C12CCN(C(=O)CCNC(C)C)CC2. The van der Waals surface area contributed by atoms with Gasteiger partial charge in [0.15, 0.2) is 0 Å². The van der Waals surface area contributed by atoms with E-state index in [0.29, 0.717) is 19.1 Å². The van der Waals surface area contributed by atoms with Crippen molar-refractivity contribution in [1.29, 1.82) is 0 Å². The predicted molar refractivity (Wildman–Crippen MR) is 82.0 cm³/mol. The van der Waals surface area contributed by atoms with E-state index < -0.39 is 0 Å². The summed E-state index contributed by atoms with van der Waals surface area (Å²) in [6.07, 6.45) is 2.96. The van der Waals surface area contributed by atoms with Crippen LogP contribution in [0.2, 0.25) is 0 Å². The van der Waals surface area contributed by atoms with E-state index >= 15 is 0 Å². The van der Waals surface area contributed by atoms with Gasteiger partial charge in [-0.05, 0) is 19.8 Å². The Bertz CT molecular complexity index is 349. The van der Waals surface area contributed by atoms with Crippen molar-refractivity contribution in [3.63, 3.8) is 0 Å². The molecule has 2 N–H and O–H groups in total. The first-order chi connectivity index (χ1) is 9.99. The summed E-state index contributed by atoms with van der Waals surface area (Å²) >= 11 is 0. The standard InChI is InChI=1S/C16H30N2O3/c1-4-21-14-11-13(19)16(14)6-9-18(10-7-16)15(20)5-8-17-12(2)3/h12-14,17,19H,4-11H2,1-3H3/t13-,14-/m1/s1. The molecule has 0 aromatic rings. The summed E-state index contributed by atoms with van der Waals surface area (Å²) in [7, 11) is 0. The van der Waals surface area contributed by atoms with Crippen molar-refractivity contribution in [1.82, 2.24) is 10.2 Å². The number of nitrogens with zero attached hydrogens (tertiary/aromatic N) is 1. The van der Waals surface area contributed by atoms with Crippen molar-refractivity contribution in [2.24, 2.45) is 5.41 Å². The van der Waals surface area contributed by atoms with Gasteiger partial charge in [0, 0.05) is 50.5 Å².